The number of rotatable bonds is 6. The molecular weight excluding hydrogens is 529 g/mol. The van der Waals surface area contributed by atoms with Gasteiger partial charge in [0.25, 0.3) is 0 Å². The number of nitrogens with zero attached hydrogens (tertiary/aromatic N) is 7. The molecule has 0 bridgehead atoms. The minimum atomic E-state index is 0.292. The first-order valence-electron chi connectivity index (χ1n) is 12.8. The molecular formula is C25H33Cl2N9S. The smallest absolute Gasteiger partial charge is 0.195 e. The molecule has 3 aromatic rings. The molecule has 2 fully saturated rings. The molecule has 9 nitrogen and oxygen atoms in total. The predicted octanol–water partition coefficient (Wildman–Crippen LogP) is 4.39. The number of aromatic amines is 1. The standard InChI is InChI=1S/C25H33Cl2N9S/c1-3-18-15-35(24-21(27)29-20(22(28)30-24)23-31-32-25(37)33(23)2)12-13-36(18)19-8-10-34(11-9-19)14-16-4-6-17(26)7-5-16/h4-7,18-19H,3,8-15H2,1-2H3,(H2,28,30)(H,32,37). The third-order valence-corrected chi connectivity index (χ3v) is 8.47. The molecule has 0 radical (unpaired) electrons. The number of anilines is 2. The van der Waals surface area contributed by atoms with Gasteiger partial charge in [0.05, 0.1) is 0 Å². The van der Waals surface area contributed by atoms with Crippen LogP contribution in [0.2, 0.25) is 10.2 Å². The summed E-state index contributed by atoms with van der Waals surface area (Å²) in [6, 6.07) is 9.21. The van der Waals surface area contributed by atoms with Crippen LogP contribution in [0.25, 0.3) is 11.5 Å². The highest BCUT2D eigenvalue weighted by atomic mass is 35.5. The highest BCUT2D eigenvalue weighted by Gasteiger charge is 2.34. The van der Waals surface area contributed by atoms with Crippen LogP contribution >= 0.6 is 35.4 Å². The van der Waals surface area contributed by atoms with Gasteiger partial charge in [-0.05, 0) is 62.3 Å². The number of aromatic nitrogens is 5. The first-order chi connectivity index (χ1) is 17.8. The molecule has 2 aromatic heterocycles. The summed E-state index contributed by atoms with van der Waals surface area (Å²) in [7, 11) is 1.80. The Labute approximate surface area is 232 Å². The van der Waals surface area contributed by atoms with Gasteiger partial charge in [-0.1, -0.05) is 42.3 Å². The van der Waals surface area contributed by atoms with Gasteiger partial charge in [-0.2, -0.15) is 5.10 Å². The van der Waals surface area contributed by atoms with Crippen molar-refractivity contribution in [3.05, 3.63) is 44.8 Å². The fourth-order valence-corrected chi connectivity index (χ4v) is 6.01. The average Bonchev–Trinajstić information content (AvgIpc) is 3.24. The minimum absolute atomic E-state index is 0.292. The number of benzene rings is 1. The molecule has 0 aliphatic carbocycles. The zero-order valence-corrected chi connectivity index (χ0v) is 23.5. The Balaban J connectivity index is 1.23. The van der Waals surface area contributed by atoms with Crippen molar-refractivity contribution in [2.45, 2.75) is 44.8 Å². The van der Waals surface area contributed by atoms with Crippen LogP contribution in [0.4, 0.5) is 11.6 Å². The fourth-order valence-electron chi connectivity index (χ4n) is 5.51. The van der Waals surface area contributed by atoms with Crippen LogP contribution in [0.5, 0.6) is 0 Å². The molecule has 1 atom stereocenters. The maximum atomic E-state index is 6.64. The average molecular weight is 563 g/mol. The van der Waals surface area contributed by atoms with E-state index >= 15 is 0 Å². The highest BCUT2D eigenvalue weighted by molar-refractivity contribution is 7.71. The number of hydrogen-bond donors (Lipinski definition) is 2. The minimum Gasteiger partial charge on any atom is -0.382 e. The van der Waals surface area contributed by atoms with Crippen LogP contribution in [0.1, 0.15) is 31.7 Å². The summed E-state index contributed by atoms with van der Waals surface area (Å²) in [6.45, 7) is 8.10. The molecule has 1 aromatic carbocycles. The summed E-state index contributed by atoms with van der Waals surface area (Å²) in [5.74, 6) is 1.44. The molecule has 4 heterocycles. The Kier molecular flexibility index (Phi) is 8.02. The summed E-state index contributed by atoms with van der Waals surface area (Å²) >= 11 is 17.9. The summed E-state index contributed by atoms with van der Waals surface area (Å²) in [5.41, 5.74) is 8.06. The quantitative estimate of drug-likeness (QED) is 0.428. The van der Waals surface area contributed by atoms with Crippen molar-refractivity contribution in [1.29, 1.82) is 0 Å². The Morgan fingerprint density at radius 3 is 2.46 bits per heavy atom. The van der Waals surface area contributed by atoms with Crippen molar-refractivity contribution < 1.29 is 0 Å². The number of piperidine rings is 1. The Hall–Kier alpha value is -2.24. The van der Waals surface area contributed by atoms with Crippen LogP contribution in [0.3, 0.4) is 0 Å². The van der Waals surface area contributed by atoms with Gasteiger partial charge in [0.1, 0.15) is 0 Å². The van der Waals surface area contributed by atoms with E-state index in [1.165, 1.54) is 18.4 Å². The summed E-state index contributed by atoms with van der Waals surface area (Å²) in [4.78, 5) is 16.7. The number of halogens is 2. The number of nitrogens with two attached hydrogens (primary N) is 1. The van der Waals surface area contributed by atoms with E-state index in [0.717, 1.165) is 50.7 Å². The predicted molar refractivity (Wildman–Crippen MR) is 152 cm³/mol. The van der Waals surface area contributed by atoms with Crippen LogP contribution < -0.4 is 10.6 Å². The number of likely N-dealkylation sites (tertiary alicyclic amines) is 1. The summed E-state index contributed by atoms with van der Waals surface area (Å²) in [6.07, 6.45) is 3.42. The number of nitrogens with one attached hydrogen (secondary N) is 1. The van der Waals surface area contributed by atoms with E-state index in [-0.39, 0.29) is 0 Å². The number of piperazine rings is 1. The van der Waals surface area contributed by atoms with Crippen LogP contribution in [-0.4, -0.2) is 79.3 Å². The van der Waals surface area contributed by atoms with Crippen LogP contribution in [-0.2, 0) is 13.6 Å². The first kappa shape index (κ1) is 26.4. The Morgan fingerprint density at radius 1 is 1.08 bits per heavy atom. The lowest BCUT2D eigenvalue weighted by molar-refractivity contribution is 0.0610. The maximum absolute atomic E-state index is 6.64. The zero-order valence-electron chi connectivity index (χ0n) is 21.2. The molecule has 5 rings (SSSR count). The maximum Gasteiger partial charge on any atom is 0.195 e. The molecule has 0 saturated carbocycles. The van der Waals surface area contributed by atoms with Crippen molar-refractivity contribution in [1.82, 2.24) is 34.5 Å². The third-order valence-electron chi connectivity index (χ3n) is 7.60. The number of H-pyrrole nitrogens is 1. The second kappa shape index (κ2) is 11.2. The lowest BCUT2D eigenvalue weighted by atomic mass is 9.98. The molecule has 2 saturated heterocycles. The van der Waals surface area contributed by atoms with E-state index < -0.39 is 0 Å². The van der Waals surface area contributed by atoms with Gasteiger partial charge >= 0.3 is 0 Å². The first-order valence-corrected chi connectivity index (χ1v) is 13.9. The molecule has 12 heteroatoms. The van der Waals surface area contributed by atoms with E-state index in [2.05, 4.69) is 53.9 Å². The zero-order chi connectivity index (χ0) is 26.1. The van der Waals surface area contributed by atoms with Crippen molar-refractivity contribution in [3.8, 4) is 11.5 Å². The number of nitrogen functional groups attached to an aromatic ring is 1. The second-order valence-electron chi connectivity index (χ2n) is 9.86. The Bertz CT molecular complexity index is 1280. The van der Waals surface area contributed by atoms with Gasteiger partial charge in [0.2, 0.25) is 0 Å². The summed E-state index contributed by atoms with van der Waals surface area (Å²) in [5, 5.41) is 8.09. The molecule has 37 heavy (non-hydrogen) atoms. The van der Waals surface area contributed by atoms with Gasteiger partial charge in [-0.15, -0.1) is 0 Å². The van der Waals surface area contributed by atoms with Crippen molar-refractivity contribution in [3.63, 3.8) is 0 Å². The van der Waals surface area contributed by atoms with Crippen molar-refractivity contribution in [2.75, 3.05) is 43.4 Å². The molecule has 2 aliphatic heterocycles. The topological polar surface area (TPSA) is 95.1 Å². The second-order valence-corrected chi connectivity index (χ2v) is 11.0. The molecule has 0 spiro atoms. The van der Waals surface area contributed by atoms with Gasteiger partial charge in [-0.3, -0.25) is 14.9 Å². The molecule has 0 amide bonds. The van der Waals surface area contributed by atoms with Crippen molar-refractivity contribution >= 4 is 47.1 Å². The van der Waals surface area contributed by atoms with Crippen LogP contribution in [0.15, 0.2) is 24.3 Å². The molecule has 1 unspecified atom stereocenters. The SMILES string of the molecule is CCC1CN(c2nc(N)c(-c3n[nH]c(=S)n3C)nc2Cl)CCN1C1CCN(Cc2ccc(Cl)cc2)CC1. The highest BCUT2D eigenvalue weighted by Crippen LogP contribution is 2.32. The van der Waals surface area contributed by atoms with E-state index in [1.807, 2.05) is 12.1 Å². The summed E-state index contributed by atoms with van der Waals surface area (Å²) < 4.78 is 2.19. The third kappa shape index (κ3) is 5.63. The molecule has 198 valence electrons. The van der Waals surface area contributed by atoms with E-state index in [9.17, 15) is 0 Å². The lowest BCUT2D eigenvalue weighted by Crippen LogP contribution is -2.58. The lowest BCUT2D eigenvalue weighted by Gasteiger charge is -2.47. The van der Waals surface area contributed by atoms with Gasteiger partial charge < -0.3 is 15.2 Å². The van der Waals surface area contributed by atoms with E-state index in [0.29, 0.717) is 45.2 Å². The molecule has 3 N–H and O–H groups in total. The fraction of sp³-hybridized carbons (Fsp3) is 0.520. The normalized spacial score (nSPS) is 20.0. The van der Waals surface area contributed by atoms with Gasteiger partial charge in [-0.25, -0.2) is 9.97 Å². The van der Waals surface area contributed by atoms with E-state index in [4.69, 9.17) is 41.2 Å². The molecule has 2 aliphatic rings. The van der Waals surface area contributed by atoms with Crippen molar-refractivity contribution in [2.24, 2.45) is 7.05 Å². The van der Waals surface area contributed by atoms with Gasteiger partial charge in [0.15, 0.2) is 33.1 Å². The number of hydrogen-bond acceptors (Lipinski definition) is 8. The van der Waals surface area contributed by atoms with Gasteiger partial charge in [0, 0.05) is 50.3 Å². The Morgan fingerprint density at radius 2 is 1.81 bits per heavy atom. The van der Waals surface area contributed by atoms with E-state index in [1.54, 1.807) is 11.6 Å². The largest absolute Gasteiger partial charge is 0.382 e. The van der Waals surface area contributed by atoms with Crippen LogP contribution in [0, 0.1) is 4.77 Å². The monoisotopic (exact) mass is 561 g/mol.